The number of rotatable bonds is 9. The molecule has 0 unspecified atom stereocenters. The van der Waals surface area contributed by atoms with Gasteiger partial charge in [0.05, 0.1) is 0 Å². The van der Waals surface area contributed by atoms with E-state index in [1.54, 1.807) is 4.88 Å². The Hall–Kier alpha value is -1.64. The van der Waals surface area contributed by atoms with Crippen molar-refractivity contribution < 1.29 is 0 Å². The summed E-state index contributed by atoms with van der Waals surface area (Å²) in [5, 5.41) is 4.28. The predicted octanol–water partition coefficient (Wildman–Crippen LogP) is 10.3. The molecule has 0 nitrogen and oxygen atoms in total. The van der Waals surface area contributed by atoms with Crippen molar-refractivity contribution >= 4 is 59.0 Å². The van der Waals surface area contributed by atoms with Crippen LogP contribution in [0.5, 0.6) is 0 Å². The van der Waals surface area contributed by atoms with Crippen molar-refractivity contribution in [1.29, 1.82) is 0 Å². The van der Waals surface area contributed by atoms with Crippen LogP contribution in [-0.4, -0.2) is 0 Å². The van der Waals surface area contributed by atoms with E-state index in [4.69, 9.17) is 0 Å². The Morgan fingerprint density at radius 2 is 1.53 bits per heavy atom. The summed E-state index contributed by atoms with van der Waals surface area (Å²) in [7, 11) is 0. The van der Waals surface area contributed by atoms with Crippen molar-refractivity contribution in [2.45, 2.75) is 79.1 Å². The van der Waals surface area contributed by atoms with Crippen LogP contribution in [0, 0.1) is 6.92 Å². The van der Waals surface area contributed by atoms with Crippen molar-refractivity contribution in [3.05, 3.63) is 51.9 Å². The number of aryl methyl sites for hydroxylation is 2. The van der Waals surface area contributed by atoms with Gasteiger partial charge in [-0.3, -0.25) is 0 Å². The van der Waals surface area contributed by atoms with Gasteiger partial charge in [0.2, 0.25) is 0 Å². The van der Waals surface area contributed by atoms with Gasteiger partial charge >= 0.3 is 0 Å². The van der Waals surface area contributed by atoms with Crippen LogP contribution in [0.2, 0.25) is 0 Å². The van der Waals surface area contributed by atoms with Crippen molar-refractivity contribution in [2.75, 3.05) is 0 Å². The maximum atomic E-state index is 2.44. The lowest BCUT2D eigenvalue weighted by atomic mass is 10.00. The molecular weight excluding hydrogens is 400 g/mol. The fraction of sp³-hybridized carbons (Fsp3) is 0.429. The Labute approximate surface area is 189 Å². The SMILES string of the molecule is CCCCC/C(C)=C/c1cc2c(cc1C)sc1cc3sc(CCCCC)cc3cc12. The molecule has 0 saturated carbocycles. The standard InChI is InChI=1S/C28H34S2/c1-5-7-9-11-19(3)13-21-16-24-25-17-22-15-23(12-10-8-6-2)29-26(22)18-28(25)30-27(24)14-20(21)4/h13-18H,5-12H2,1-4H3/b19-13+. The normalized spacial score (nSPS) is 12.6. The summed E-state index contributed by atoms with van der Waals surface area (Å²) in [6, 6.07) is 12.2. The molecule has 2 heteroatoms. The summed E-state index contributed by atoms with van der Waals surface area (Å²) in [5.74, 6) is 0. The highest BCUT2D eigenvalue weighted by molar-refractivity contribution is 7.26. The van der Waals surface area contributed by atoms with Gasteiger partial charge < -0.3 is 0 Å². The fourth-order valence-corrected chi connectivity index (χ4v) is 6.76. The van der Waals surface area contributed by atoms with Crippen LogP contribution in [0.25, 0.3) is 36.3 Å². The molecule has 4 rings (SSSR count). The summed E-state index contributed by atoms with van der Waals surface area (Å²) < 4.78 is 4.30. The Kier molecular flexibility index (Phi) is 6.95. The molecule has 2 heterocycles. The van der Waals surface area contributed by atoms with Gasteiger partial charge in [0.25, 0.3) is 0 Å². The molecule has 0 fully saturated rings. The Morgan fingerprint density at radius 1 is 0.800 bits per heavy atom. The molecule has 0 atom stereocenters. The molecule has 30 heavy (non-hydrogen) atoms. The second-order valence-electron chi connectivity index (χ2n) is 8.81. The van der Waals surface area contributed by atoms with E-state index in [1.807, 2.05) is 22.7 Å². The number of hydrogen-bond acceptors (Lipinski definition) is 2. The van der Waals surface area contributed by atoms with Gasteiger partial charge in [0.1, 0.15) is 0 Å². The summed E-state index contributed by atoms with van der Waals surface area (Å²) in [4.78, 5) is 1.54. The Bertz CT molecular complexity index is 1190. The minimum Gasteiger partial charge on any atom is -0.140 e. The van der Waals surface area contributed by atoms with Crippen LogP contribution in [0.15, 0.2) is 35.9 Å². The average molecular weight is 435 g/mol. The number of hydrogen-bond donors (Lipinski definition) is 0. The first kappa shape index (κ1) is 21.6. The highest BCUT2D eigenvalue weighted by atomic mass is 32.1. The average Bonchev–Trinajstić information content (AvgIpc) is 3.26. The van der Waals surface area contributed by atoms with E-state index in [9.17, 15) is 0 Å². The monoisotopic (exact) mass is 434 g/mol. The highest BCUT2D eigenvalue weighted by Crippen LogP contribution is 2.40. The molecule has 4 aromatic rings. The quantitative estimate of drug-likeness (QED) is 0.230. The smallest absolute Gasteiger partial charge is 0.0369 e. The molecule has 0 N–H and O–H groups in total. The lowest BCUT2D eigenvalue weighted by Crippen LogP contribution is -1.84. The van der Waals surface area contributed by atoms with Crippen molar-refractivity contribution in [3.8, 4) is 0 Å². The van der Waals surface area contributed by atoms with E-state index < -0.39 is 0 Å². The van der Waals surface area contributed by atoms with Crippen LogP contribution >= 0.6 is 22.7 Å². The number of benzene rings is 2. The summed E-state index contributed by atoms with van der Waals surface area (Å²) in [5.41, 5.74) is 4.29. The first-order valence-corrected chi connectivity index (χ1v) is 13.3. The van der Waals surface area contributed by atoms with E-state index in [0.29, 0.717) is 0 Å². The maximum absolute atomic E-state index is 2.44. The molecule has 0 aliphatic carbocycles. The molecular formula is C28H34S2. The van der Waals surface area contributed by atoms with Crippen LogP contribution in [0.1, 0.15) is 81.7 Å². The first-order chi connectivity index (χ1) is 14.6. The first-order valence-electron chi connectivity index (χ1n) is 11.7. The molecule has 0 spiro atoms. The van der Waals surface area contributed by atoms with Crippen LogP contribution in [-0.2, 0) is 6.42 Å². The zero-order valence-corrected chi connectivity index (χ0v) is 20.6. The third-order valence-corrected chi connectivity index (χ3v) is 8.42. The van der Waals surface area contributed by atoms with Gasteiger partial charge in [0, 0.05) is 29.7 Å². The van der Waals surface area contributed by atoms with E-state index >= 15 is 0 Å². The topological polar surface area (TPSA) is 0 Å². The molecule has 0 aliphatic heterocycles. The molecule has 2 aromatic heterocycles. The molecule has 0 saturated heterocycles. The van der Waals surface area contributed by atoms with E-state index in [2.05, 4.69) is 64.1 Å². The van der Waals surface area contributed by atoms with Gasteiger partial charge in [-0.25, -0.2) is 0 Å². The maximum Gasteiger partial charge on any atom is 0.0369 e. The van der Waals surface area contributed by atoms with Gasteiger partial charge in [-0.1, -0.05) is 51.2 Å². The number of allylic oxidation sites excluding steroid dienone is 1. The Morgan fingerprint density at radius 3 is 2.33 bits per heavy atom. The number of thiophene rings is 2. The molecule has 158 valence electrons. The van der Waals surface area contributed by atoms with E-state index in [0.717, 1.165) is 0 Å². The van der Waals surface area contributed by atoms with E-state index in [1.165, 1.54) is 98.3 Å². The van der Waals surface area contributed by atoms with Crippen LogP contribution in [0.4, 0.5) is 0 Å². The highest BCUT2D eigenvalue weighted by Gasteiger charge is 2.11. The van der Waals surface area contributed by atoms with Gasteiger partial charge in [0.15, 0.2) is 0 Å². The van der Waals surface area contributed by atoms with Crippen LogP contribution < -0.4 is 0 Å². The summed E-state index contributed by atoms with van der Waals surface area (Å²) in [6.45, 7) is 9.11. The summed E-state index contributed by atoms with van der Waals surface area (Å²) in [6.07, 6.45) is 12.7. The number of fused-ring (bicyclic) bond motifs is 4. The van der Waals surface area contributed by atoms with Crippen LogP contribution in [0.3, 0.4) is 0 Å². The summed E-state index contributed by atoms with van der Waals surface area (Å²) >= 11 is 3.95. The minimum absolute atomic E-state index is 1.21. The zero-order chi connectivity index (χ0) is 21.1. The largest absolute Gasteiger partial charge is 0.140 e. The predicted molar refractivity (Wildman–Crippen MR) is 140 cm³/mol. The second kappa shape index (κ2) is 9.66. The second-order valence-corrected chi connectivity index (χ2v) is 11.1. The van der Waals surface area contributed by atoms with Gasteiger partial charge in [-0.15, -0.1) is 22.7 Å². The van der Waals surface area contributed by atoms with Crippen molar-refractivity contribution in [3.63, 3.8) is 0 Å². The van der Waals surface area contributed by atoms with E-state index in [-0.39, 0.29) is 0 Å². The number of unbranched alkanes of at least 4 members (excludes halogenated alkanes) is 4. The van der Waals surface area contributed by atoms with Gasteiger partial charge in [-0.2, -0.15) is 0 Å². The fourth-order valence-electron chi connectivity index (χ4n) is 4.35. The van der Waals surface area contributed by atoms with Crippen molar-refractivity contribution in [1.82, 2.24) is 0 Å². The molecule has 0 radical (unpaired) electrons. The molecule has 0 aliphatic rings. The third-order valence-electron chi connectivity index (χ3n) is 6.15. The Balaban J connectivity index is 1.71. The lowest BCUT2D eigenvalue weighted by Gasteiger charge is -2.05. The molecule has 0 bridgehead atoms. The molecule has 0 amide bonds. The zero-order valence-electron chi connectivity index (χ0n) is 18.9. The minimum atomic E-state index is 1.21. The molecule has 2 aromatic carbocycles. The lowest BCUT2D eigenvalue weighted by molar-refractivity contribution is 0.715. The van der Waals surface area contributed by atoms with Gasteiger partial charge in [-0.05, 0) is 86.4 Å². The third kappa shape index (κ3) is 4.65. The van der Waals surface area contributed by atoms with Crippen molar-refractivity contribution in [2.24, 2.45) is 0 Å².